The molecule has 0 spiro atoms. The lowest BCUT2D eigenvalue weighted by atomic mass is 9.72. The molecule has 4 atom stereocenters. The Bertz CT molecular complexity index is 1390. The summed E-state index contributed by atoms with van der Waals surface area (Å²) in [4.78, 5) is 31.3. The van der Waals surface area contributed by atoms with E-state index in [2.05, 4.69) is 26.0 Å². The van der Waals surface area contributed by atoms with Crippen molar-refractivity contribution < 1.29 is 18.4 Å². The number of carbonyl (C=O) groups is 2. The number of benzene rings is 1. The first kappa shape index (κ1) is 24.6. The summed E-state index contributed by atoms with van der Waals surface area (Å²) < 4.78 is 30.5. The third-order valence-electron chi connectivity index (χ3n) is 8.03. The van der Waals surface area contributed by atoms with Crippen molar-refractivity contribution in [3.05, 3.63) is 65.1 Å². The number of hydrazine groups is 1. The van der Waals surface area contributed by atoms with Gasteiger partial charge in [0.25, 0.3) is 5.91 Å². The lowest BCUT2D eigenvalue weighted by molar-refractivity contribution is -0.133. The number of halogens is 2. The van der Waals surface area contributed by atoms with Gasteiger partial charge in [0.1, 0.15) is 11.5 Å². The molecule has 4 unspecified atom stereocenters. The third kappa shape index (κ3) is 4.44. The molecule has 0 bridgehead atoms. The van der Waals surface area contributed by atoms with Crippen molar-refractivity contribution in [2.45, 2.75) is 57.7 Å². The van der Waals surface area contributed by atoms with Crippen LogP contribution in [0.4, 0.5) is 8.78 Å². The van der Waals surface area contributed by atoms with Gasteiger partial charge >= 0.3 is 0 Å². The molecule has 2 amide bonds. The molecule has 1 saturated carbocycles. The Morgan fingerprint density at radius 1 is 1.13 bits per heavy atom. The zero-order valence-electron chi connectivity index (χ0n) is 21.0. The molecule has 1 saturated heterocycles. The molecule has 2 N–H and O–H groups in total. The van der Waals surface area contributed by atoms with Gasteiger partial charge in [-0.2, -0.15) is 4.39 Å². The van der Waals surface area contributed by atoms with Gasteiger partial charge in [-0.05, 0) is 61.9 Å². The normalized spacial score (nSPS) is 24.9. The van der Waals surface area contributed by atoms with E-state index in [4.69, 9.17) is 0 Å². The van der Waals surface area contributed by atoms with Crippen molar-refractivity contribution in [1.82, 2.24) is 35.5 Å². The SMILES string of the molecule is CC1CN(C(=O)c2cc(CC3NNC(=O)C4CCCCC34)ccc2F)Cc2nnc(-c3cccc(F)n3)n21. The molecule has 11 heteroatoms. The summed E-state index contributed by atoms with van der Waals surface area (Å²) in [5.41, 5.74) is 7.15. The molecule has 2 aromatic heterocycles. The number of hydrogen-bond acceptors (Lipinski definition) is 6. The molecule has 2 aliphatic heterocycles. The molecule has 1 aromatic carbocycles. The highest BCUT2D eigenvalue weighted by molar-refractivity contribution is 5.94. The van der Waals surface area contributed by atoms with Crippen molar-refractivity contribution >= 4 is 11.8 Å². The first-order valence-electron chi connectivity index (χ1n) is 13.1. The largest absolute Gasteiger partial charge is 0.329 e. The van der Waals surface area contributed by atoms with E-state index in [1.807, 2.05) is 11.5 Å². The standard InChI is InChI=1S/C27H29F2N7O2/c1-15-13-35(14-24-32-33-25(36(15)24)21-7-4-8-23(29)30-21)27(38)19-11-16(9-10-20(19)28)12-22-17-5-2-3-6-18(17)26(37)34-31-22/h4,7-11,15,17-18,22,31H,2-3,5-6,12-14H2,1H3,(H,34,37). The third-order valence-corrected chi connectivity index (χ3v) is 8.03. The van der Waals surface area contributed by atoms with Gasteiger partial charge in [0.05, 0.1) is 18.2 Å². The highest BCUT2D eigenvalue weighted by Crippen LogP contribution is 2.35. The van der Waals surface area contributed by atoms with Gasteiger partial charge in [-0.3, -0.25) is 15.0 Å². The lowest BCUT2D eigenvalue weighted by Gasteiger charge is -2.41. The minimum absolute atomic E-state index is 0.00351. The number of nitrogens with zero attached hydrogens (tertiary/aromatic N) is 5. The minimum Gasteiger partial charge on any atom is -0.329 e. The van der Waals surface area contributed by atoms with Crippen LogP contribution in [0.25, 0.3) is 11.5 Å². The van der Waals surface area contributed by atoms with Gasteiger partial charge in [-0.15, -0.1) is 10.2 Å². The smallest absolute Gasteiger partial charge is 0.257 e. The summed E-state index contributed by atoms with van der Waals surface area (Å²) in [7, 11) is 0. The van der Waals surface area contributed by atoms with E-state index < -0.39 is 17.7 Å². The number of fused-ring (bicyclic) bond motifs is 2. The number of amides is 2. The number of pyridine rings is 1. The average molecular weight is 522 g/mol. The van der Waals surface area contributed by atoms with Gasteiger partial charge < -0.3 is 9.47 Å². The lowest BCUT2D eigenvalue weighted by Crippen LogP contribution is -2.60. The Kier molecular flexibility index (Phi) is 6.38. The van der Waals surface area contributed by atoms with Gasteiger partial charge in [0.2, 0.25) is 11.9 Å². The van der Waals surface area contributed by atoms with Crippen LogP contribution in [0.1, 0.15) is 60.4 Å². The minimum atomic E-state index is -0.611. The van der Waals surface area contributed by atoms with E-state index in [-0.39, 0.29) is 41.9 Å². The predicted octanol–water partition coefficient (Wildman–Crippen LogP) is 3.19. The second kappa shape index (κ2) is 9.86. The van der Waals surface area contributed by atoms with Crippen LogP contribution in [0.3, 0.4) is 0 Å². The molecule has 0 radical (unpaired) electrons. The Morgan fingerprint density at radius 2 is 1.97 bits per heavy atom. The molecule has 38 heavy (non-hydrogen) atoms. The van der Waals surface area contributed by atoms with Crippen LogP contribution in [0, 0.1) is 23.6 Å². The average Bonchev–Trinajstić information content (AvgIpc) is 3.36. The number of aromatic nitrogens is 4. The number of carbonyl (C=O) groups excluding carboxylic acids is 2. The van der Waals surface area contributed by atoms with E-state index in [1.165, 1.54) is 12.1 Å². The second-order valence-electron chi connectivity index (χ2n) is 10.5. The number of rotatable bonds is 4. The fourth-order valence-electron chi connectivity index (χ4n) is 6.21. The summed E-state index contributed by atoms with van der Waals surface area (Å²) in [5, 5.41) is 8.42. The van der Waals surface area contributed by atoms with Crippen molar-refractivity contribution in [1.29, 1.82) is 0 Å². The highest BCUT2D eigenvalue weighted by atomic mass is 19.1. The molecular weight excluding hydrogens is 492 g/mol. The van der Waals surface area contributed by atoms with Crippen LogP contribution in [-0.4, -0.2) is 49.0 Å². The van der Waals surface area contributed by atoms with Crippen molar-refractivity contribution in [2.75, 3.05) is 6.54 Å². The Labute approximate surface area is 218 Å². The molecule has 198 valence electrons. The van der Waals surface area contributed by atoms with Crippen molar-refractivity contribution in [3.63, 3.8) is 0 Å². The van der Waals surface area contributed by atoms with E-state index in [0.29, 0.717) is 30.3 Å². The Morgan fingerprint density at radius 3 is 2.82 bits per heavy atom. The number of hydrogen-bond donors (Lipinski definition) is 2. The van der Waals surface area contributed by atoms with E-state index in [0.717, 1.165) is 31.2 Å². The van der Waals surface area contributed by atoms with Gasteiger partial charge in [0.15, 0.2) is 11.6 Å². The zero-order chi connectivity index (χ0) is 26.4. The second-order valence-corrected chi connectivity index (χ2v) is 10.5. The summed E-state index contributed by atoms with van der Waals surface area (Å²) in [6.45, 7) is 2.37. The maximum Gasteiger partial charge on any atom is 0.257 e. The van der Waals surface area contributed by atoms with Crippen molar-refractivity contribution in [2.24, 2.45) is 11.8 Å². The summed E-state index contributed by atoms with van der Waals surface area (Å²) >= 11 is 0. The van der Waals surface area contributed by atoms with Crippen molar-refractivity contribution in [3.8, 4) is 11.5 Å². The Hall–Kier alpha value is -3.73. The van der Waals surface area contributed by atoms with Crippen LogP contribution in [0.15, 0.2) is 36.4 Å². The fraction of sp³-hybridized carbons (Fsp3) is 0.444. The number of nitrogens with one attached hydrogen (secondary N) is 2. The van der Waals surface area contributed by atoms with Crippen LogP contribution >= 0.6 is 0 Å². The predicted molar refractivity (Wildman–Crippen MR) is 133 cm³/mol. The van der Waals surface area contributed by atoms with E-state index in [9.17, 15) is 18.4 Å². The summed E-state index contributed by atoms with van der Waals surface area (Å²) in [6, 6.07) is 8.95. The fourth-order valence-corrected chi connectivity index (χ4v) is 6.21. The Balaban J connectivity index is 1.21. The van der Waals surface area contributed by atoms with Crippen LogP contribution < -0.4 is 10.9 Å². The molecule has 2 fully saturated rings. The van der Waals surface area contributed by atoms with Gasteiger partial charge in [0, 0.05) is 18.5 Å². The molecule has 6 rings (SSSR count). The molecular formula is C27H29F2N7O2. The topological polar surface area (TPSA) is 105 Å². The molecule has 1 aliphatic carbocycles. The molecule has 3 aromatic rings. The molecule has 9 nitrogen and oxygen atoms in total. The maximum absolute atomic E-state index is 14.9. The first-order valence-corrected chi connectivity index (χ1v) is 13.1. The summed E-state index contributed by atoms with van der Waals surface area (Å²) in [5.74, 6) is -0.390. The highest BCUT2D eigenvalue weighted by Gasteiger charge is 2.40. The van der Waals surface area contributed by atoms with Gasteiger partial charge in [-0.25, -0.2) is 14.8 Å². The first-order chi connectivity index (χ1) is 18.4. The van der Waals surface area contributed by atoms with E-state index in [1.54, 1.807) is 29.2 Å². The quantitative estimate of drug-likeness (QED) is 0.511. The van der Waals surface area contributed by atoms with Crippen LogP contribution in [0.5, 0.6) is 0 Å². The van der Waals surface area contributed by atoms with Gasteiger partial charge in [-0.1, -0.05) is 25.0 Å². The maximum atomic E-state index is 14.9. The molecule has 3 aliphatic rings. The monoisotopic (exact) mass is 521 g/mol. The molecule has 4 heterocycles. The van der Waals surface area contributed by atoms with Crippen LogP contribution in [0.2, 0.25) is 0 Å². The van der Waals surface area contributed by atoms with E-state index >= 15 is 0 Å². The zero-order valence-corrected chi connectivity index (χ0v) is 21.0. The summed E-state index contributed by atoms with van der Waals surface area (Å²) in [6.07, 6.45) is 4.59. The van der Waals surface area contributed by atoms with Crippen LogP contribution in [-0.2, 0) is 17.8 Å².